The Morgan fingerprint density at radius 2 is 2.18 bits per heavy atom. The predicted molar refractivity (Wildman–Crippen MR) is 79.7 cm³/mol. The molecule has 0 spiro atoms. The highest BCUT2D eigenvalue weighted by Crippen LogP contribution is 2.23. The maximum Gasteiger partial charge on any atom is 0.103 e. The van der Waals surface area contributed by atoms with E-state index < -0.39 is 0 Å². The van der Waals surface area contributed by atoms with Gasteiger partial charge in [-0.15, -0.1) is 11.3 Å². The minimum absolute atomic E-state index is 0.711. The van der Waals surface area contributed by atoms with Crippen LogP contribution in [0.5, 0.6) is 0 Å². The van der Waals surface area contributed by atoms with Crippen LogP contribution >= 0.6 is 23.1 Å². The number of thiazole rings is 1. The third-order valence-corrected chi connectivity index (χ3v) is 5.04. The molecule has 0 bridgehead atoms. The lowest BCUT2D eigenvalue weighted by Gasteiger charge is -2.05. The van der Waals surface area contributed by atoms with Gasteiger partial charge < -0.3 is 5.32 Å². The van der Waals surface area contributed by atoms with Gasteiger partial charge in [-0.3, -0.25) is 0 Å². The molecular weight excluding hydrogens is 248 g/mol. The monoisotopic (exact) mass is 272 g/mol. The molecule has 0 radical (unpaired) electrons. The van der Waals surface area contributed by atoms with E-state index in [0.717, 1.165) is 24.1 Å². The fourth-order valence-electron chi connectivity index (χ4n) is 1.31. The smallest absolute Gasteiger partial charge is 0.103 e. The number of nitrogens with one attached hydrogen (secondary N) is 1. The molecule has 1 rings (SSSR count). The summed E-state index contributed by atoms with van der Waals surface area (Å²) in [6.07, 6.45) is 3.25. The van der Waals surface area contributed by atoms with Crippen molar-refractivity contribution in [3.05, 3.63) is 16.1 Å². The number of thioether (sulfide) groups is 1. The molecule has 0 saturated carbocycles. The molecular formula is C13H24N2S2. The summed E-state index contributed by atoms with van der Waals surface area (Å²) in [4.78, 5) is 5.83. The van der Waals surface area contributed by atoms with Gasteiger partial charge in [0.15, 0.2) is 0 Å². The van der Waals surface area contributed by atoms with Crippen LogP contribution in [-0.2, 0) is 12.3 Å². The molecule has 1 N–H and O–H groups in total. The summed E-state index contributed by atoms with van der Waals surface area (Å²) in [5, 5.41) is 5.45. The van der Waals surface area contributed by atoms with Gasteiger partial charge in [0.05, 0.1) is 0 Å². The van der Waals surface area contributed by atoms with Crippen LogP contribution in [-0.4, -0.2) is 16.8 Å². The Labute approximate surface area is 114 Å². The average molecular weight is 272 g/mol. The van der Waals surface area contributed by atoms with Crippen LogP contribution in [0.1, 0.15) is 44.0 Å². The molecule has 1 aromatic rings. The first-order chi connectivity index (χ1) is 8.11. The van der Waals surface area contributed by atoms with Crippen molar-refractivity contribution in [2.75, 3.05) is 6.54 Å². The summed E-state index contributed by atoms with van der Waals surface area (Å²) in [6.45, 7) is 11.0. The summed E-state index contributed by atoms with van der Waals surface area (Å²) in [7, 11) is 0. The van der Waals surface area contributed by atoms with Crippen molar-refractivity contribution in [2.24, 2.45) is 5.92 Å². The van der Waals surface area contributed by atoms with Crippen molar-refractivity contribution in [1.29, 1.82) is 0 Å². The quantitative estimate of drug-likeness (QED) is 0.776. The molecule has 4 heteroatoms. The van der Waals surface area contributed by atoms with Crippen LogP contribution in [0.2, 0.25) is 0 Å². The lowest BCUT2D eigenvalue weighted by atomic mass is 10.2. The Kier molecular flexibility index (Phi) is 7.16. The van der Waals surface area contributed by atoms with Gasteiger partial charge in [-0.2, -0.15) is 11.8 Å². The SMILES string of the molecule is CCC(C)SCc1ncc(CNCC(C)C)s1. The van der Waals surface area contributed by atoms with E-state index in [1.165, 1.54) is 16.3 Å². The number of nitrogens with zero attached hydrogens (tertiary/aromatic N) is 1. The zero-order chi connectivity index (χ0) is 12.7. The molecule has 0 aromatic carbocycles. The molecule has 98 valence electrons. The molecule has 0 saturated heterocycles. The molecule has 2 nitrogen and oxygen atoms in total. The van der Waals surface area contributed by atoms with Crippen LogP contribution < -0.4 is 5.32 Å². The Morgan fingerprint density at radius 1 is 1.41 bits per heavy atom. The summed E-state index contributed by atoms with van der Waals surface area (Å²) < 4.78 is 0. The zero-order valence-corrected chi connectivity index (χ0v) is 13.0. The van der Waals surface area contributed by atoms with Crippen molar-refractivity contribution in [3.63, 3.8) is 0 Å². The van der Waals surface area contributed by atoms with E-state index in [9.17, 15) is 0 Å². The average Bonchev–Trinajstić information content (AvgIpc) is 2.73. The predicted octanol–water partition coefficient (Wildman–Crippen LogP) is 3.92. The Balaban J connectivity index is 2.27. The third kappa shape index (κ3) is 6.43. The van der Waals surface area contributed by atoms with Crippen LogP contribution in [0, 0.1) is 5.92 Å². The Hall–Kier alpha value is -0.0600. The molecule has 0 aliphatic carbocycles. The molecule has 0 aliphatic heterocycles. The van der Waals surface area contributed by atoms with Crippen LogP contribution in [0.25, 0.3) is 0 Å². The fourth-order valence-corrected chi connectivity index (χ4v) is 3.18. The van der Waals surface area contributed by atoms with Crippen molar-refractivity contribution in [2.45, 2.75) is 51.7 Å². The second-order valence-corrected chi connectivity index (χ2v) is 7.40. The van der Waals surface area contributed by atoms with E-state index in [-0.39, 0.29) is 0 Å². The Bertz CT molecular complexity index is 310. The van der Waals surface area contributed by atoms with Crippen LogP contribution in [0.3, 0.4) is 0 Å². The molecule has 0 aliphatic rings. The van der Waals surface area contributed by atoms with Gasteiger partial charge in [0.25, 0.3) is 0 Å². The van der Waals surface area contributed by atoms with Crippen molar-refractivity contribution < 1.29 is 0 Å². The van der Waals surface area contributed by atoms with E-state index in [1.54, 1.807) is 0 Å². The van der Waals surface area contributed by atoms with Crippen molar-refractivity contribution in [1.82, 2.24) is 10.3 Å². The summed E-state index contributed by atoms with van der Waals surface area (Å²) >= 11 is 3.84. The third-order valence-electron chi connectivity index (χ3n) is 2.52. The number of rotatable bonds is 8. The van der Waals surface area contributed by atoms with Gasteiger partial charge in [0, 0.05) is 28.6 Å². The first kappa shape index (κ1) is 15.0. The topological polar surface area (TPSA) is 24.9 Å². The molecule has 17 heavy (non-hydrogen) atoms. The molecule has 1 aromatic heterocycles. The second-order valence-electron chi connectivity index (χ2n) is 4.77. The molecule has 0 amide bonds. The summed E-state index contributed by atoms with van der Waals surface area (Å²) in [5.41, 5.74) is 0. The number of aromatic nitrogens is 1. The zero-order valence-electron chi connectivity index (χ0n) is 11.3. The van der Waals surface area contributed by atoms with Crippen molar-refractivity contribution >= 4 is 23.1 Å². The van der Waals surface area contributed by atoms with Gasteiger partial charge in [0.1, 0.15) is 5.01 Å². The van der Waals surface area contributed by atoms with Gasteiger partial charge in [-0.25, -0.2) is 4.98 Å². The number of hydrogen-bond donors (Lipinski definition) is 1. The lowest BCUT2D eigenvalue weighted by Crippen LogP contribution is -2.18. The van der Waals surface area contributed by atoms with Gasteiger partial charge in [0.2, 0.25) is 0 Å². The minimum atomic E-state index is 0.711. The normalized spacial score (nSPS) is 13.2. The highest BCUT2D eigenvalue weighted by molar-refractivity contribution is 7.99. The summed E-state index contributed by atoms with van der Waals surface area (Å²) in [5.74, 6) is 1.77. The van der Waals surface area contributed by atoms with E-state index >= 15 is 0 Å². The highest BCUT2D eigenvalue weighted by atomic mass is 32.2. The van der Waals surface area contributed by atoms with E-state index in [1.807, 2.05) is 29.3 Å². The van der Waals surface area contributed by atoms with E-state index in [0.29, 0.717) is 5.92 Å². The molecule has 1 heterocycles. The summed E-state index contributed by atoms with van der Waals surface area (Å²) in [6, 6.07) is 0. The maximum atomic E-state index is 4.48. The van der Waals surface area contributed by atoms with E-state index in [4.69, 9.17) is 0 Å². The van der Waals surface area contributed by atoms with Crippen LogP contribution in [0.15, 0.2) is 6.20 Å². The van der Waals surface area contributed by atoms with Crippen LogP contribution in [0.4, 0.5) is 0 Å². The van der Waals surface area contributed by atoms with Crippen molar-refractivity contribution in [3.8, 4) is 0 Å². The largest absolute Gasteiger partial charge is 0.312 e. The number of hydrogen-bond acceptors (Lipinski definition) is 4. The molecule has 0 fully saturated rings. The Morgan fingerprint density at radius 3 is 2.82 bits per heavy atom. The molecule has 1 atom stereocenters. The molecule has 1 unspecified atom stereocenters. The highest BCUT2D eigenvalue weighted by Gasteiger charge is 2.05. The fraction of sp³-hybridized carbons (Fsp3) is 0.769. The lowest BCUT2D eigenvalue weighted by molar-refractivity contribution is 0.554. The first-order valence-corrected chi connectivity index (χ1v) is 8.24. The minimum Gasteiger partial charge on any atom is -0.312 e. The van der Waals surface area contributed by atoms with E-state index in [2.05, 4.69) is 38.0 Å². The first-order valence-electron chi connectivity index (χ1n) is 6.37. The maximum absolute atomic E-state index is 4.48. The van der Waals surface area contributed by atoms with Gasteiger partial charge in [-0.1, -0.05) is 27.7 Å². The van der Waals surface area contributed by atoms with Gasteiger partial charge >= 0.3 is 0 Å². The standard InChI is InChI=1S/C13H24N2S2/c1-5-11(4)16-9-13-15-8-12(17-13)7-14-6-10(2)3/h8,10-11,14H,5-7,9H2,1-4H3. The second kappa shape index (κ2) is 8.11. The van der Waals surface area contributed by atoms with Gasteiger partial charge in [-0.05, 0) is 18.9 Å².